The van der Waals surface area contributed by atoms with Crippen LogP contribution in [0.3, 0.4) is 0 Å². The Morgan fingerprint density at radius 2 is 1.59 bits per heavy atom. The molecule has 1 aliphatic heterocycles. The maximum atomic E-state index is 12.2. The molecule has 2 heterocycles. The average Bonchev–Trinajstić information content (AvgIpc) is 2.87. The zero-order valence-corrected chi connectivity index (χ0v) is 20.5. The van der Waals surface area contributed by atoms with E-state index in [0.717, 1.165) is 17.5 Å². The van der Waals surface area contributed by atoms with Gasteiger partial charge in [0.1, 0.15) is 11.9 Å². The molecule has 0 N–H and O–H groups in total. The van der Waals surface area contributed by atoms with Gasteiger partial charge in [0.15, 0.2) is 5.82 Å². The molecule has 1 saturated heterocycles. The number of aryl methyl sites for hydroxylation is 1. The number of aromatic nitrogens is 2. The average molecular weight is 468 g/mol. The molecule has 7 heteroatoms. The number of rotatable bonds is 11. The molecule has 184 valence electrons. The number of hydrogen-bond donors (Lipinski definition) is 0. The SMILES string of the molecule is CCCCCCCCc1cnc(-c2ccc(OC(=O)OC3CCN(C(=O)CC)CC3)cc2)nc1. The van der Waals surface area contributed by atoms with Gasteiger partial charge in [-0.3, -0.25) is 4.79 Å². The molecule has 0 radical (unpaired) electrons. The fourth-order valence-corrected chi connectivity index (χ4v) is 4.12. The molecule has 0 bridgehead atoms. The Morgan fingerprint density at radius 1 is 0.941 bits per heavy atom. The Labute approximate surface area is 202 Å². The first-order valence-corrected chi connectivity index (χ1v) is 12.7. The van der Waals surface area contributed by atoms with Crippen molar-refractivity contribution < 1.29 is 19.1 Å². The molecular weight excluding hydrogens is 430 g/mol. The van der Waals surface area contributed by atoms with Crippen molar-refractivity contribution in [3.8, 4) is 17.1 Å². The first-order valence-electron chi connectivity index (χ1n) is 12.7. The molecule has 1 aliphatic rings. The zero-order valence-electron chi connectivity index (χ0n) is 20.5. The number of amides is 1. The molecule has 0 unspecified atom stereocenters. The van der Waals surface area contributed by atoms with E-state index < -0.39 is 6.16 Å². The minimum absolute atomic E-state index is 0.137. The molecule has 7 nitrogen and oxygen atoms in total. The highest BCUT2D eigenvalue weighted by Crippen LogP contribution is 2.21. The summed E-state index contributed by atoms with van der Waals surface area (Å²) in [7, 11) is 0. The Balaban J connectivity index is 1.41. The van der Waals surface area contributed by atoms with Gasteiger partial charge >= 0.3 is 6.16 Å². The van der Waals surface area contributed by atoms with Crippen LogP contribution in [0, 0.1) is 0 Å². The maximum absolute atomic E-state index is 12.2. The van der Waals surface area contributed by atoms with Crippen molar-refractivity contribution in [3.05, 3.63) is 42.2 Å². The summed E-state index contributed by atoms with van der Waals surface area (Å²) in [6, 6.07) is 7.10. The number of ether oxygens (including phenoxy) is 2. The largest absolute Gasteiger partial charge is 0.514 e. The molecule has 1 aromatic carbocycles. The van der Waals surface area contributed by atoms with Gasteiger partial charge in [-0.2, -0.15) is 0 Å². The van der Waals surface area contributed by atoms with Crippen molar-refractivity contribution >= 4 is 12.1 Å². The van der Waals surface area contributed by atoms with Crippen LogP contribution in [0.1, 0.15) is 77.2 Å². The predicted octanol–water partition coefficient (Wildman–Crippen LogP) is 5.96. The summed E-state index contributed by atoms with van der Waals surface area (Å²) in [4.78, 5) is 34.7. The summed E-state index contributed by atoms with van der Waals surface area (Å²) in [5.74, 6) is 1.19. The van der Waals surface area contributed by atoms with Crippen molar-refractivity contribution in [2.45, 2.75) is 84.2 Å². The van der Waals surface area contributed by atoms with Crippen LogP contribution in [0.2, 0.25) is 0 Å². The van der Waals surface area contributed by atoms with Crippen LogP contribution < -0.4 is 4.74 Å². The van der Waals surface area contributed by atoms with Crippen LogP contribution in [0.4, 0.5) is 4.79 Å². The van der Waals surface area contributed by atoms with Gasteiger partial charge in [-0.15, -0.1) is 0 Å². The van der Waals surface area contributed by atoms with Crippen molar-refractivity contribution in [2.24, 2.45) is 0 Å². The summed E-state index contributed by atoms with van der Waals surface area (Å²) in [6.45, 7) is 5.30. The number of unbranched alkanes of at least 4 members (excludes halogenated alkanes) is 5. The van der Waals surface area contributed by atoms with Gasteiger partial charge in [-0.05, 0) is 42.7 Å². The van der Waals surface area contributed by atoms with Gasteiger partial charge in [-0.25, -0.2) is 14.8 Å². The van der Waals surface area contributed by atoms with Gasteiger partial charge in [0.25, 0.3) is 0 Å². The van der Waals surface area contributed by atoms with Crippen LogP contribution in [0.5, 0.6) is 5.75 Å². The highest BCUT2D eigenvalue weighted by molar-refractivity contribution is 5.75. The molecule has 0 saturated carbocycles. The fraction of sp³-hybridized carbons (Fsp3) is 0.556. The van der Waals surface area contributed by atoms with Crippen molar-refractivity contribution in [2.75, 3.05) is 13.1 Å². The van der Waals surface area contributed by atoms with E-state index in [9.17, 15) is 9.59 Å². The van der Waals surface area contributed by atoms with Crippen LogP contribution in [0.15, 0.2) is 36.7 Å². The lowest BCUT2D eigenvalue weighted by Crippen LogP contribution is -2.41. The number of benzene rings is 1. The van der Waals surface area contributed by atoms with E-state index >= 15 is 0 Å². The lowest BCUT2D eigenvalue weighted by atomic mass is 10.1. The Kier molecular flexibility index (Phi) is 10.3. The number of piperidine rings is 1. The highest BCUT2D eigenvalue weighted by Gasteiger charge is 2.25. The van der Waals surface area contributed by atoms with E-state index in [2.05, 4.69) is 16.9 Å². The molecule has 0 atom stereocenters. The second kappa shape index (κ2) is 13.7. The van der Waals surface area contributed by atoms with Crippen molar-refractivity contribution in [1.82, 2.24) is 14.9 Å². The van der Waals surface area contributed by atoms with E-state index in [4.69, 9.17) is 9.47 Å². The molecule has 1 aromatic heterocycles. The van der Waals surface area contributed by atoms with Crippen LogP contribution >= 0.6 is 0 Å². The first-order chi connectivity index (χ1) is 16.6. The minimum atomic E-state index is -0.719. The standard InChI is InChI=1S/C27H37N3O4/c1-3-5-6-7-8-9-10-21-19-28-26(29-20-21)22-11-13-23(14-12-22)33-27(32)34-24-15-17-30(18-16-24)25(31)4-2/h11-14,19-20,24H,3-10,15-18H2,1-2H3. The maximum Gasteiger partial charge on any atom is 0.514 e. The van der Waals surface area contributed by atoms with Crippen LogP contribution in [0.25, 0.3) is 11.4 Å². The molecule has 2 aromatic rings. The second-order valence-electron chi connectivity index (χ2n) is 8.86. The monoisotopic (exact) mass is 467 g/mol. The lowest BCUT2D eigenvalue weighted by molar-refractivity contribution is -0.132. The van der Waals surface area contributed by atoms with Crippen molar-refractivity contribution in [3.63, 3.8) is 0 Å². The minimum Gasteiger partial charge on any atom is -0.431 e. The molecule has 34 heavy (non-hydrogen) atoms. The molecule has 0 aliphatic carbocycles. The first kappa shape index (κ1) is 25.7. The zero-order chi connectivity index (χ0) is 24.2. The second-order valence-corrected chi connectivity index (χ2v) is 8.86. The molecule has 1 fully saturated rings. The van der Waals surface area contributed by atoms with Crippen LogP contribution in [-0.2, 0) is 16.0 Å². The predicted molar refractivity (Wildman–Crippen MR) is 132 cm³/mol. The van der Waals surface area contributed by atoms with E-state index in [0.29, 0.717) is 43.9 Å². The molecule has 1 amide bonds. The summed E-state index contributed by atoms with van der Waals surface area (Å²) >= 11 is 0. The summed E-state index contributed by atoms with van der Waals surface area (Å²) < 4.78 is 10.7. The van der Waals surface area contributed by atoms with Crippen LogP contribution in [-0.4, -0.2) is 46.1 Å². The number of hydrogen-bond acceptors (Lipinski definition) is 6. The third-order valence-corrected chi connectivity index (χ3v) is 6.20. The van der Waals surface area contributed by atoms with Gasteiger partial charge in [-0.1, -0.05) is 46.0 Å². The molecule has 3 rings (SSSR count). The Hall–Kier alpha value is -2.96. The van der Waals surface area contributed by atoms with E-state index in [-0.39, 0.29) is 12.0 Å². The lowest BCUT2D eigenvalue weighted by Gasteiger charge is -2.31. The van der Waals surface area contributed by atoms with E-state index in [1.165, 1.54) is 38.5 Å². The van der Waals surface area contributed by atoms with E-state index in [1.807, 2.05) is 36.4 Å². The third kappa shape index (κ3) is 8.12. The third-order valence-electron chi connectivity index (χ3n) is 6.20. The fourth-order valence-electron chi connectivity index (χ4n) is 4.12. The van der Waals surface area contributed by atoms with Gasteiger partial charge < -0.3 is 14.4 Å². The van der Waals surface area contributed by atoms with Crippen molar-refractivity contribution in [1.29, 1.82) is 0 Å². The topological polar surface area (TPSA) is 81.6 Å². The number of nitrogens with zero attached hydrogens (tertiary/aromatic N) is 3. The Morgan fingerprint density at radius 3 is 2.24 bits per heavy atom. The molecular formula is C27H37N3O4. The summed E-state index contributed by atoms with van der Waals surface area (Å²) in [6.07, 6.45) is 13.3. The smallest absolute Gasteiger partial charge is 0.431 e. The number of likely N-dealkylation sites (tertiary alicyclic amines) is 1. The van der Waals surface area contributed by atoms with E-state index in [1.54, 1.807) is 12.1 Å². The van der Waals surface area contributed by atoms with Gasteiger partial charge in [0, 0.05) is 50.3 Å². The normalized spacial score (nSPS) is 14.1. The summed E-state index contributed by atoms with van der Waals surface area (Å²) in [5.41, 5.74) is 2.02. The molecule has 0 spiro atoms. The summed E-state index contributed by atoms with van der Waals surface area (Å²) in [5, 5.41) is 0. The number of carbonyl (C=O) groups is 2. The quantitative estimate of drug-likeness (QED) is 0.230. The highest BCUT2D eigenvalue weighted by atomic mass is 16.7. The number of carbonyl (C=O) groups excluding carboxylic acids is 2. The van der Waals surface area contributed by atoms with Gasteiger partial charge in [0.05, 0.1) is 0 Å². The Bertz CT molecular complexity index is 891. The van der Waals surface area contributed by atoms with Gasteiger partial charge in [0.2, 0.25) is 5.91 Å².